The van der Waals surface area contributed by atoms with Crippen LogP contribution in [0.15, 0.2) is 30.3 Å². The van der Waals surface area contributed by atoms with Gasteiger partial charge in [0.05, 0.1) is 13.2 Å². The standard InChI is InChI=1S/C17H15ClO2/c1-10-6-16(18)11(2)5-15(10)17(19)12-3-4-13-8-20-9-14(13)7-12/h3-7H,8-9H2,1-2H3. The van der Waals surface area contributed by atoms with E-state index >= 15 is 0 Å². The van der Waals surface area contributed by atoms with Gasteiger partial charge in [0, 0.05) is 16.1 Å². The summed E-state index contributed by atoms with van der Waals surface area (Å²) >= 11 is 6.09. The maximum atomic E-state index is 12.6. The van der Waals surface area contributed by atoms with Crippen molar-refractivity contribution in [2.45, 2.75) is 27.1 Å². The minimum atomic E-state index is 0.0389. The number of aryl methyl sites for hydroxylation is 2. The molecule has 0 spiro atoms. The molecule has 2 nitrogen and oxygen atoms in total. The van der Waals surface area contributed by atoms with Gasteiger partial charge in [0.25, 0.3) is 0 Å². The fourth-order valence-electron chi connectivity index (χ4n) is 2.49. The molecule has 0 N–H and O–H groups in total. The molecule has 1 aliphatic rings. The average molecular weight is 287 g/mol. The third-order valence-corrected chi connectivity index (χ3v) is 4.14. The van der Waals surface area contributed by atoms with Gasteiger partial charge in [-0.25, -0.2) is 0 Å². The zero-order valence-electron chi connectivity index (χ0n) is 11.5. The first-order valence-corrected chi connectivity index (χ1v) is 6.95. The van der Waals surface area contributed by atoms with Crippen molar-refractivity contribution < 1.29 is 9.53 Å². The van der Waals surface area contributed by atoms with E-state index in [9.17, 15) is 4.79 Å². The summed E-state index contributed by atoms with van der Waals surface area (Å²) in [4.78, 5) is 12.6. The molecule has 0 saturated heterocycles. The van der Waals surface area contributed by atoms with Crippen LogP contribution in [0.2, 0.25) is 5.02 Å². The van der Waals surface area contributed by atoms with E-state index in [0.717, 1.165) is 16.7 Å². The van der Waals surface area contributed by atoms with Crippen LogP contribution in [0.5, 0.6) is 0 Å². The van der Waals surface area contributed by atoms with Gasteiger partial charge in [-0.15, -0.1) is 0 Å². The molecule has 102 valence electrons. The molecule has 0 aliphatic carbocycles. The number of halogens is 1. The van der Waals surface area contributed by atoms with Crippen LogP contribution in [-0.2, 0) is 18.0 Å². The highest BCUT2D eigenvalue weighted by molar-refractivity contribution is 6.31. The Balaban J connectivity index is 2.03. The smallest absolute Gasteiger partial charge is 0.193 e. The molecule has 2 aromatic carbocycles. The summed E-state index contributed by atoms with van der Waals surface area (Å²) in [7, 11) is 0. The molecule has 0 amide bonds. The van der Waals surface area contributed by atoms with E-state index in [0.29, 0.717) is 29.4 Å². The van der Waals surface area contributed by atoms with E-state index in [-0.39, 0.29) is 5.78 Å². The van der Waals surface area contributed by atoms with E-state index in [4.69, 9.17) is 16.3 Å². The number of ketones is 1. The molecule has 0 aromatic heterocycles. The lowest BCUT2D eigenvalue weighted by molar-refractivity contribution is 0.103. The van der Waals surface area contributed by atoms with Crippen LogP contribution in [0.3, 0.4) is 0 Å². The number of hydrogen-bond donors (Lipinski definition) is 0. The van der Waals surface area contributed by atoms with E-state index in [1.807, 2.05) is 44.2 Å². The number of carbonyl (C=O) groups excluding carboxylic acids is 1. The van der Waals surface area contributed by atoms with Crippen molar-refractivity contribution in [1.82, 2.24) is 0 Å². The molecule has 0 unspecified atom stereocenters. The molecule has 2 aromatic rings. The topological polar surface area (TPSA) is 26.3 Å². The minimum Gasteiger partial charge on any atom is -0.372 e. The third-order valence-electron chi connectivity index (χ3n) is 3.73. The zero-order chi connectivity index (χ0) is 14.3. The first-order valence-electron chi connectivity index (χ1n) is 6.57. The highest BCUT2D eigenvalue weighted by Gasteiger charge is 2.17. The van der Waals surface area contributed by atoms with Gasteiger partial charge in [-0.1, -0.05) is 23.7 Å². The van der Waals surface area contributed by atoms with Crippen LogP contribution in [0.1, 0.15) is 38.2 Å². The number of rotatable bonds is 2. The molecule has 0 saturated carbocycles. The first kappa shape index (κ1) is 13.3. The van der Waals surface area contributed by atoms with Crippen LogP contribution in [0, 0.1) is 13.8 Å². The molecule has 3 rings (SSSR count). The molecule has 0 fully saturated rings. The Hall–Kier alpha value is -1.64. The summed E-state index contributed by atoms with van der Waals surface area (Å²) in [5, 5.41) is 0.696. The minimum absolute atomic E-state index is 0.0389. The summed E-state index contributed by atoms with van der Waals surface area (Å²) in [6, 6.07) is 9.51. The second-order valence-corrected chi connectivity index (χ2v) is 5.63. The van der Waals surface area contributed by atoms with Crippen molar-refractivity contribution >= 4 is 17.4 Å². The lowest BCUT2D eigenvalue weighted by Crippen LogP contribution is -2.05. The summed E-state index contributed by atoms with van der Waals surface area (Å²) in [6.07, 6.45) is 0. The Kier molecular flexibility index (Phi) is 3.36. The van der Waals surface area contributed by atoms with Gasteiger partial charge < -0.3 is 4.74 Å². The van der Waals surface area contributed by atoms with Gasteiger partial charge in [-0.3, -0.25) is 4.79 Å². The maximum Gasteiger partial charge on any atom is 0.193 e. The van der Waals surface area contributed by atoms with E-state index in [1.54, 1.807) is 0 Å². The number of carbonyl (C=O) groups is 1. The Labute approximate surface area is 123 Å². The predicted molar refractivity (Wildman–Crippen MR) is 79.3 cm³/mol. The molecular weight excluding hydrogens is 272 g/mol. The maximum absolute atomic E-state index is 12.6. The monoisotopic (exact) mass is 286 g/mol. The van der Waals surface area contributed by atoms with Crippen LogP contribution in [0.4, 0.5) is 0 Å². The van der Waals surface area contributed by atoms with Gasteiger partial charge >= 0.3 is 0 Å². The third kappa shape index (κ3) is 2.26. The average Bonchev–Trinajstić information content (AvgIpc) is 2.89. The molecule has 1 heterocycles. The van der Waals surface area contributed by atoms with Crippen molar-refractivity contribution in [1.29, 1.82) is 0 Å². The number of hydrogen-bond acceptors (Lipinski definition) is 2. The number of benzene rings is 2. The second kappa shape index (κ2) is 5.04. The fraction of sp³-hybridized carbons (Fsp3) is 0.235. The molecule has 3 heteroatoms. The highest BCUT2D eigenvalue weighted by atomic mass is 35.5. The summed E-state index contributed by atoms with van der Waals surface area (Å²) < 4.78 is 5.39. The molecule has 0 radical (unpaired) electrons. The summed E-state index contributed by atoms with van der Waals surface area (Å²) in [5.41, 5.74) is 5.53. The molecule has 1 aliphatic heterocycles. The van der Waals surface area contributed by atoms with E-state index in [2.05, 4.69) is 0 Å². The highest BCUT2D eigenvalue weighted by Crippen LogP contribution is 2.25. The summed E-state index contributed by atoms with van der Waals surface area (Å²) in [5.74, 6) is 0.0389. The first-order chi connectivity index (χ1) is 9.56. The number of ether oxygens (including phenoxy) is 1. The zero-order valence-corrected chi connectivity index (χ0v) is 12.3. The number of fused-ring (bicyclic) bond motifs is 1. The Morgan fingerprint density at radius 1 is 1.05 bits per heavy atom. The Morgan fingerprint density at radius 2 is 1.80 bits per heavy atom. The molecule has 0 bridgehead atoms. The summed E-state index contributed by atoms with van der Waals surface area (Å²) in [6.45, 7) is 5.06. The van der Waals surface area contributed by atoms with E-state index in [1.165, 1.54) is 5.56 Å². The van der Waals surface area contributed by atoms with Crippen LogP contribution in [0.25, 0.3) is 0 Å². The predicted octanol–water partition coefficient (Wildman–Crippen LogP) is 4.22. The van der Waals surface area contributed by atoms with Gasteiger partial charge in [-0.2, -0.15) is 0 Å². The quantitative estimate of drug-likeness (QED) is 0.773. The van der Waals surface area contributed by atoms with Gasteiger partial charge in [-0.05, 0) is 54.3 Å². The van der Waals surface area contributed by atoms with Crippen molar-refractivity contribution in [3.05, 3.63) is 68.7 Å². The Morgan fingerprint density at radius 3 is 2.60 bits per heavy atom. The van der Waals surface area contributed by atoms with Crippen molar-refractivity contribution in [3.8, 4) is 0 Å². The fourth-order valence-corrected chi connectivity index (χ4v) is 2.71. The van der Waals surface area contributed by atoms with E-state index < -0.39 is 0 Å². The normalized spacial score (nSPS) is 13.3. The van der Waals surface area contributed by atoms with Crippen molar-refractivity contribution in [2.24, 2.45) is 0 Å². The van der Waals surface area contributed by atoms with Gasteiger partial charge in [0.1, 0.15) is 0 Å². The lowest BCUT2D eigenvalue weighted by atomic mass is 9.95. The molecule has 0 atom stereocenters. The van der Waals surface area contributed by atoms with Crippen molar-refractivity contribution in [3.63, 3.8) is 0 Å². The van der Waals surface area contributed by atoms with Crippen molar-refractivity contribution in [2.75, 3.05) is 0 Å². The molecule has 20 heavy (non-hydrogen) atoms. The Bertz CT molecular complexity index is 704. The van der Waals surface area contributed by atoms with Gasteiger partial charge in [0.2, 0.25) is 0 Å². The van der Waals surface area contributed by atoms with Gasteiger partial charge in [0.15, 0.2) is 5.78 Å². The lowest BCUT2D eigenvalue weighted by Gasteiger charge is -2.09. The largest absolute Gasteiger partial charge is 0.372 e. The van der Waals surface area contributed by atoms with Crippen LogP contribution in [-0.4, -0.2) is 5.78 Å². The molecular formula is C17H15ClO2. The van der Waals surface area contributed by atoms with Crippen LogP contribution < -0.4 is 0 Å². The van der Waals surface area contributed by atoms with Crippen LogP contribution >= 0.6 is 11.6 Å². The second-order valence-electron chi connectivity index (χ2n) is 5.22. The SMILES string of the molecule is Cc1cc(C(=O)c2ccc3c(c2)COC3)c(C)cc1Cl.